The summed E-state index contributed by atoms with van der Waals surface area (Å²) < 4.78 is 47.7. The number of alkyl halides is 3. The van der Waals surface area contributed by atoms with Gasteiger partial charge in [0.25, 0.3) is 0 Å². The summed E-state index contributed by atoms with van der Waals surface area (Å²) in [6, 6.07) is -0.0168. The van der Waals surface area contributed by atoms with Crippen molar-refractivity contribution in [2.45, 2.75) is 96.3 Å². The van der Waals surface area contributed by atoms with Crippen molar-refractivity contribution in [3.05, 3.63) is 17.0 Å². The third-order valence-electron chi connectivity index (χ3n) is 7.56. The number of carbonyl (C=O) groups excluding carboxylic acids is 2. The summed E-state index contributed by atoms with van der Waals surface area (Å²) in [5, 5.41) is 4.05. The van der Waals surface area contributed by atoms with Gasteiger partial charge in [-0.2, -0.15) is 18.3 Å². The fourth-order valence-corrected chi connectivity index (χ4v) is 5.75. The van der Waals surface area contributed by atoms with Crippen LogP contribution in [0.2, 0.25) is 0 Å². The lowest BCUT2D eigenvalue weighted by atomic mass is 9.80. The molecule has 0 saturated heterocycles. The number of ether oxygens (including phenoxy) is 1. The second kappa shape index (κ2) is 10.1. The minimum atomic E-state index is -4.48. The number of halogens is 3. The molecule has 2 fully saturated rings. The van der Waals surface area contributed by atoms with Gasteiger partial charge in [0.05, 0.1) is 30.8 Å². The molecule has 184 valence electrons. The molecule has 0 radical (unpaired) electrons. The molecular weight excluding hydrogens is 435 g/mol. The van der Waals surface area contributed by atoms with Crippen LogP contribution in [0.15, 0.2) is 0 Å². The van der Waals surface area contributed by atoms with E-state index >= 15 is 0 Å². The number of carbonyl (C=O) groups is 2. The number of esters is 1. The first kappa shape index (κ1) is 24.1. The van der Waals surface area contributed by atoms with Gasteiger partial charge in [0.2, 0.25) is 5.91 Å². The number of nitrogens with zero attached hydrogens (tertiary/aromatic N) is 3. The molecule has 0 atom stereocenters. The number of aromatic nitrogens is 2. The van der Waals surface area contributed by atoms with Gasteiger partial charge in [0.1, 0.15) is 0 Å². The van der Waals surface area contributed by atoms with E-state index in [0.29, 0.717) is 25.3 Å². The fraction of sp³-hybridized carbons (Fsp3) is 0.792. The predicted octanol–water partition coefficient (Wildman–Crippen LogP) is 5.05. The Morgan fingerprint density at radius 1 is 1.06 bits per heavy atom. The summed E-state index contributed by atoms with van der Waals surface area (Å²) >= 11 is 0. The molecule has 2 saturated carbocycles. The highest BCUT2D eigenvalue weighted by Crippen LogP contribution is 2.39. The first-order chi connectivity index (χ1) is 15.8. The van der Waals surface area contributed by atoms with Crippen LogP contribution in [0.4, 0.5) is 13.2 Å². The molecule has 3 aliphatic rings. The Balaban J connectivity index is 1.42. The smallest absolute Gasteiger partial charge is 0.435 e. The first-order valence-electron chi connectivity index (χ1n) is 12.4. The van der Waals surface area contributed by atoms with Crippen LogP contribution in [-0.4, -0.2) is 39.7 Å². The SMILES string of the molecule is CCOC(=O)[C@H]1CC[C@H](CC(=O)N2CCc3c(C(F)(F)F)nn(C4CCCCC4)c3C2)CC1. The summed E-state index contributed by atoms with van der Waals surface area (Å²) in [5.74, 6) is -0.0366. The zero-order chi connectivity index (χ0) is 23.6. The van der Waals surface area contributed by atoms with Crippen molar-refractivity contribution in [2.24, 2.45) is 11.8 Å². The molecule has 1 amide bonds. The molecule has 33 heavy (non-hydrogen) atoms. The first-order valence-corrected chi connectivity index (χ1v) is 12.4. The van der Waals surface area contributed by atoms with E-state index in [-0.39, 0.29) is 48.3 Å². The number of rotatable bonds is 5. The summed E-state index contributed by atoms with van der Waals surface area (Å²) in [6.07, 6.45) is 3.92. The van der Waals surface area contributed by atoms with E-state index < -0.39 is 11.9 Å². The monoisotopic (exact) mass is 469 g/mol. The lowest BCUT2D eigenvalue weighted by Crippen LogP contribution is -2.38. The van der Waals surface area contributed by atoms with Gasteiger partial charge in [-0.15, -0.1) is 0 Å². The number of hydrogen-bond acceptors (Lipinski definition) is 4. The van der Waals surface area contributed by atoms with Crippen LogP contribution in [0.3, 0.4) is 0 Å². The molecule has 2 heterocycles. The van der Waals surface area contributed by atoms with Crippen LogP contribution < -0.4 is 0 Å². The summed E-state index contributed by atoms with van der Waals surface area (Å²) in [7, 11) is 0. The van der Waals surface area contributed by atoms with Crippen molar-refractivity contribution in [2.75, 3.05) is 13.2 Å². The summed E-state index contributed by atoms with van der Waals surface area (Å²) in [4.78, 5) is 26.7. The molecule has 1 aliphatic heterocycles. The van der Waals surface area contributed by atoms with Gasteiger partial charge in [-0.05, 0) is 57.8 Å². The quantitative estimate of drug-likeness (QED) is 0.566. The molecule has 0 aromatic carbocycles. The van der Waals surface area contributed by atoms with E-state index in [9.17, 15) is 22.8 Å². The third kappa shape index (κ3) is 5.38. The topological polar surface area (TPSA) is 64.4 Å². The van der Waals surface area contributed by atoms with Crippen LogP contribution in [0, 0.1) is 11.8 Å². The van der Waals surface area contributed by atoms with Crippen molar-refractivity contribution >= 4 is 11.9 Å². The Hall–Kier alpha value is -2.06. The molecule has 1 aromatic heterocycles. The van der Waals surface area contributed by atoms with E-state index in [0.717, 1.165) is 57.8 Å². The lowest BCUT2D eigenvalue weighted by molar-refractivity contribution is -0.149. The molecular formula is C24H34F3N3O3. The maximum Gasteiger partial charge on any atom is 0.435 e. The zero-order valence-corrected chi connectivity index (χ0v) is 19.3. The highest BCUT2D eigenvalue weighted by atomic mass is 19.4. The Bertz CT molecular complexity index is 853. The van der Waals surface area contributed by atoms with Crippen LogP contribution >= 0.6 is 0 Å². The van der Waals surface area contributed by atoms with Gasteiger partial charge in [-0.1, -0.05) is 19.3 Å². The third-order valence-corrected chi connectivity index (χ3v) is 7.56. The van der Waals surface area contributed by atoms with E-state index in [2.05, 4.69) is 5.10 Å². The largest absolute Gasteiger partial charge is 0.466 e. The van der Waals surface area contributed by atoms with Gasteiger partial charge in [0.15, 0.2) is 5.69 Å². The van der Waals surface area contributed by atoms with Crippen molar-refractivity contribution in [1.29, 1.82) is 0 Å². The standard InChI is InChI=1S/C24H34F3N3O3/c1-2-33-23(32)17-10-8-16(9-11-17)14-21(31)29-13-12-19-20(15-29)30(18-6-4-3-5-7-18)28-22(19)24(25,26)27/h16-18H,2-15H2,1H3/t16-,17-. The molecule has 0 N–H and O–H groups in total. The average molecular weight is 470 g/mol. The number of hydrogen-bond donors (Lipinski definition) is 0. The second-order valence-electron chi connectivity index (χ2n) is 9.75. The van der Waals surface area contributed by atoms with Crippen molar-refractivity contribution < 1.29 is 27.5 Å². The number of fused-ring (bicyclic) bond motifs is 1. The molecule has 4 rings (SSSR count). The van der Waals surface area contributed by atoms with Crippen LogP contribution in [0.25, 0.3) is 0 Å². The second-order valence-corrected chi connectivity index (χ2v) is 9.75. The summed E-state index contributed by atoms with van der Waals surface area (Å²) in [6.45, 7) is 2.67. The Morgan fingerprint density at radius 3 is 2.39 bits per heavy atom. The Kier molecular flexibility index (Phi) is 7.34. The molecule has 2 aliphatic carbocycles. The average Bonchev–Trinajstić information content (AvgIpc) is 3.20. The van der Waals surface area contributed by atoms with E-state index in [4.69, 9.17) is 4.74 Å². The predicted molar refractivity (Wildman–Crippen MR) is 115 cm³/mol. The van der Waals surface area contributed by atoms with Crippen molar-refractivity contribution in [3.63, 3.8) is 0 Å². The van der Waals surface area contributed by atoms with E-state index in [1.165, 1.54) is 0 Å². The molecule has 0 spiro atoms. The Labute approximate surface area is 192 Å². The molecule has 9 heteroatoms. The summed E-state index contributed by atoms with van der Waals surface area (Å²) in [5.41, 5.74) is 0.0689. The van der Waals surface area contributed by atoms with E-state index in [1.807, 2.05) is 0 Å². The van der Waals surface area contributed by atoms with Gasteiger partial charge in [-0.25, -0.2) is 0 Å². The van der Waals surface area contributed by atoms with Crippen molar-refractivity contribution in [3.8, 4) is 0 Å². The number of amides is 1. The van der Waals surface area contributed by atoms with Crippen LogP contribution in [-0.2, 0) is 33.5 Å². The van der Waals surface area contributed by atoms with Crippen molar-refractivity contribution in [1.82, 2.24) is 14.7 Å². The Morgan fingerprint density at radius 2 is 1.76 bits per heavy atom. The van der Waals surface area contributed by atoms with E-state index in [1.54, 1.807) is 16.5 Å². The minimum Gasteiger partial charge on any atom is -0.466 e. The van der Waals surface area contributed by atoms with Gasteiger partial charge in [-0.3, -0.25) is 14.3 Å². The molecule has 1 aromatic rings. The molecule has 6 nitrogen and oxygen atoms in total. The molecule has 0 bridgehead atoms. The minimum absolute atomic E-state index is 0.00909. The zero-order valence-electron chi connectivity index (χ0n) is 19.3. The molecule has 0 unspecified atom stereocenters. The lowest BCUT2D eigenvalue weighted by Gasteiger charge is -2.33. The van der Waals surface area contributed by atoms with Gasteiger partial charge in [0, 0.05) is 18.5 Å². The fourth-order valence-electron chi connectivity index (χ4n) is 5.75. The highest BCUT2D eigenvalue weighted by molar-refractivity contribution is 5.77. The van der Waals surface area contributed by atoms with Gasteiger partial charge >= 0.3 is 12.1 Å². The maximum absolute atomic E-state index is 13.7. The van der Waals surface area contributed by atoms with Gasteiger partial charge < -0.3 is 9.64 Å². The highest BCUT2D eigenvalue weighted by Gasteiger charge is 2.42. The normalized spacial score (nSPS) is 24.4. The van der Waals surface area contributed by atoms with Crippen LogP contribution in [0.5, 0.6) is 0 Å². The van der Waals surface area contributed by atoms with Crippen LogP contribution in [0.1, 0.15) is 94.1 Å². The maximum atomic E-state index is 13.7.